The van der Waals surface area contributed by atoms with E-state index in [4.69, 9.17) is 0 Å². The van der Waals surface area contributed by atoms with E-state index in [-0.39, 0.29) is 29.6 Å². The van der Waals surface area contributed by atoms with E-state index in [1.54, 1.807) is 0 Å². The molecule has 0 fully saturated rings. The fourth-order valence-corrected chi connectivity index (χ4v) is 0.259. The molecule has 0 heterocycles. The zero-order chi connectivity index (χ0) is 5.86. The number of carboxylic acids is 1. The first-order chi connectivity index (χ1) is 3.18. The van der Waals surface area contributed by atoms with E-state index in [0.717, 1.165) is 0 Å². The Morgan fingerprint density at radius 3 is 1.88 bits per heavy atom. The average molecular weight is 237 g/mol. The van der Waals surface area contributed by atoms with Gasteiger partial charge in [-0.1, -0.05) is 0 Å². The van der Waals surface area contributed by atoms with Gasteiger partial charge in [0.05, 0.1) is 22.9 Å². The van der Waals surface area contributed by atoms with Gasteiger partial charge in [-0.05, 0) is 0 Å². The maximum atomic E-state index is 9.73. The fraction of sp³-hybridized carbons (Fsp3) is 0. The van der Waals surface area contributed by atoms with Crippen LogP contribution in [0.1, 0.15) is 0 Å². The second kappa shape index (κ2) is 5.80. The first kappa shape index (κ1) is 11.5. The van der Waals surface area contributed by atoms with E-state index in [2.05, 4.69) is 0 Å². The van der Waals surface area contributed by atoms with Crippen molar-refractivity contribution in [1.82, 2.24) is 3.53 Å². The number of nitrogens with one attached hydrogen (secondary N) is 1. The van der Waals surface area contributed by atoms with Crippen LogP contribution in [0.5, 0.6) is 0 Å². The van der Waals surface area contributed by atoms with E-state index in [1.165, 1.54) is 22.9 Å². The summed E-state index contributed by atoms with van der Waals surface area (Å²) in [5, 5.41) is 9.40. The molecule has 0 saturated heterocycles. The van der Waals surface area contributed by atoms with Crippen molar-refractivity contribution in [2.75, 3.05) is 0 Å². The number of halogens is 1. The maximum absolute atomic E-state index is 9.73. The summed E-state index contributed by atoms with van der Waals surface area (Å²) < 4.78 is 1.83. The molecule has 40 valence electrons. The molecule has 4 nitrogen and oxygen atoms in total. The number of carbonyl (C=O) groups excluding carboxylic acids is 2. The van der Waals surface area contributed by atoms with Crippen molar-refractivity contribution < 1.29 is 44.3 Å². The van der Waals surface area contributed by atoms with Crippen LogP contribution < -0.4 is 38.2 Å². The Balaban J connectivity index is 0. The van der Waals surface area contributed by atoms with E-state index in [9.17, 15) is 14.7 Å². The molecule has 0 aromatic rings. The normalized spacial score (nSPS) is 6.62. The zero-order valence-corrected chi connectivity index (χ0v) is 8.26. The molecule has 0 aliphatic carbocycles. The average Bonchev–Trinajstić information content (AvgIpc) is 1.65. The van der Waals surface area contributed by atoms with Gasteiger partial charge in [-0.25, -0.2) is 0 Å². The molecule has 6 heteroatoms. The molecule has 0 aromatic heterocycles. The van der Waals surface area contributed by atoms with E-state index in [0.29, 0.717) is 0 Å². The number of hydrogen-bond acceptors (Lipinski definition) is 3. The molecule has 0 saturated carbocycles. The Labute approximate surface area is 81.8 Å². The van der Waals surface area contributed by atoms with Gasteiger partial charge in [-0.15, -0.1) is 0 Å². The van der Waals surface area contributed by atoms with Crippen LogP contribution in [0.2, 0.25) is 0 Å². The SMILES string of the molecule is O=C([O-])C(=O)NI.[Na+]. The summed E-state index contributed by atoms with van der Waals surface area (Å²) in [5.41, 5.74) is 0. The first-order valence-corrected chi connectivity index (χ1v) is 2.38. The van der Waals surface area contributed by atoms with Crippen molar-refractivity contribution in [3.8, 4) is 0 Å². The molecule has 8 heavy (non-hydrogen) atoms. The van der Waals surface area contributed by atoms with Crippen molar-refractivity contribution in [2.45, 2.75) is 0 Å². The molecule has 0 aliphatic heterocycles. The summed E-state index contributed by atoms with van der Waals surface area (Å²) in [7, 11) is 0. The minimum Gasteiger partial charge on any atom is -0.540 e. The predicted octanol–water partition coefficient (Wildman–Crippen LogP) is -4.79. The van der Waals surface area contributed by atoms with Gasteiger partial charge in [-0.3, -0.25) is 8.32 Å². The van der Waals surface area contributed by atoms with Crippen LogP contribution in [0.15, 0.2) is 0 Å². The molecule has 1 N–H and O–H groups in total. The van der Waals surface area contributed by atoms with Crippen LogP contribution in [0.25, 0.3) is 0 Å². The van der Waals surface area contributed by atoms with Crippen molar-refractivity contribution in [3.05, 3.63) is 0 Å². The van der Waals surface area contributed by atoms with E-state index < -0.39 is 11.9 Å². The molecule has 0 aliphatic rings. The summed E-state index contributed by atoms with van der Waals surface area (Å²) in [4.78, 5) is 19.1. The summed E-state index contributed by atoms with van der Waals surface area (Å²) in [5.74, 6) is -2.82. The van der Waals surface area contributed by atoms with Gasteiger partial charge in [-0.2, -0.15) is 0 Å². The van der Waals surface area contributed by atoms with Gasteiger partial charge < -0.3 is 9.90 Å². The van der Waals surface area contributed by atoms with Crippen molar-refractivity contribution in [2.24, 2.45) is 0 Å². The third-order valence-corrected chi connectivity index (χ3v) is 0.761. The topological polar surface area (TPSA) is 69.2 Å². The summed E-state index contributed by atoms with van der Waals surface area (Å²) in [6, 6.07) is 0. The van der Waals surface area contributed by atoms with Crippen LogP contribution in [0.4, 0.5) is 0 Å². The second-order valence-corrected chi connectivity index (χ2v) is 1.25. The van der Waals surface area contributed by atoms with Crippen molar-refractivity contribution in [1.29, 1.82) is 0 Å². The van der Waals surface area contributed by atoms with Crippen molar-refractivity contribution >= 4 is 34.7 Å². The minimum absolute atomic E-state index is 0. The maximum Gasteiger partial charge on any atom is 1.00 e. The van der Waals surface area contributed by atoms with E-state index in [1.807, 2.05) is 3.53 Å². The second-order valence-electron chi connectivity index (χ2n) is 0.711. The molecule has 0 bridgehead atoms. The Morgan fingerprint density at radius 2 is 1.88 bits per heavy atom. The standard InChI is InChI=1S/C2H2INO3.Na/c3-4-1(5)2(6)7;/h(H,4,5)(H,6,7);/q;+1/p-1. The smallest absolute Gasteiger partial charge is 0.540 e. The number of amides is 1. The number of aliphatic carboxylic acids is 1. The monoisotopic (exact) mass is 237 g/mol. The predicted molar refractivity (Wildman–Crippen MR) is 27.2 cm³/mol. The first-order valence-electron chi connectivity index (χ1n) is 1.30. The van der Waals surface area contributed by atoms with Crippen LogP contribution >= 0.6 is 22.9 Å². The van der Waals surface area contributed by atoms with Crippen LogP contribution in [0, 0.1) is 0 Å². The van der Waals surface area contributed by atoms with Gasteiger partial charge in [0.2, 0.25) is 0 Å². The summed E-state index contributed by atoms with van der Waals surface area (Å²) in [6.07, 6.45) is 0. The molecule has 0 atom stereocenters. The molecular formula is C2HINNaO3. The van der Waals surface area contributed by atoms with Gasteiger partial charge in [0.1, 0.15) is 5.97 Å². The molecule has 0 aromatic carbocycles. The number of carbonyl (C=O) groups is 2. The number of rotatable bonds is 0. The largest absolute Gasteiger partial charge is 1.00 e. The Kier molecular flexibility index (Phi) is 8.31. The molecule has 0 unspecified atom stereocenters. The van der Waals surface area contributed by atoms with E-state index >= 15 is 0 Å². The number of carboxylic acid groups (broad SMARTS) is 1. The van der Waals surface area contributed by atoms with Crippen LogP contribution in [-0.2, 0) is 9.59 Å². The molecule has 0 rings (SSSR count). The Bertz CT molecular complexity index is 105. The molecule has 1 amide bonds. The quantitative estimate of drug-likeness (QED) is 0.199. The molecular weight excluding hydrogens is 236 g/mol. The molecule has 0 radical (unpaired) electrons. The Morgan fingerprint density at radius 1 is 1.50 bits per heavy atom. The fourth-order valence-electron chi connectivity index (χ4n) is 0.0386. The Hall–Kier alpha value is 0.670. The zero-order valence-electron chi connectivity index (χ0n) is 4.10. The molecule has 0 spiro atoms. The summed E-state index contributed by atoms with van der Waals surface area (Å²) >= 11 is 1.41. The number of hydrogen-bond donors (Lipinski definition) is 1. The van der Waals surface area contributed by atoms with Gasteiger partial charge in [0.15, 0.2) is 0 Å². The van der Waals surface area contributed by atoms with Crippen molar-refractivity contribution in [3.63, 3.8) is 0 Å². The van der Waals surface area contributed by atoms with Gasteiger partial charge in [0, 0.05) is 0 Å². The third-order valence-electron chi connectivity index (χ3n) is 0.271. The minimum atomic E-state index is -1.71. The van der Waals surface area contributed by atoms with Gasteiger partial charge in [0.25, 0.3) is 5.91 Å². The summed E-state index contributed by atoms with van der Waals surface area (Å²) in [6.45, 7) is 0. The van der Waals surface area contributed by atoms with Gasteiger partial charge >= 0.3 is 29.6 Å². The third kappa shape index (κ3) is 4.82. The van der Waals surface area contributed by atoms with Crippen LogP contribution in [0.3, 0.4) is 0 Å². The van der Waals surface area contributed by atoms with Crippen LogP contribution in [-0.4, -0.2) is 11.9 Å².